The predicted octanol–water partition coefficient (Wildman–Crippen LogP) is 1.49. The van der Waals surface area contributed by atoms with Crippen molar-refractivity contribution < 1.29 is 9.59 Å². The van der Waals surface area contributed by atoms with E-state index in [0.29, 0.717) is 25.3 Å². The zero-order valence-corrected chi connectivity index (χ0v) is 18.3. The maximum atomic E-state index is 13.3. The lowest BCUT2D eigenvalue weighted by Gasteiger charge is -2.55. The number of carbonyl (C=O) groups is 2. The SMILES string of the molecule is O=C(NCCc1cnccn1)[C@H]1[C@@H]2C[C@@H](CN(Cc3nccs3)C2)[C@@H]2CCCC(=O)N21. The fourth-order valence-corrected chi connectivity index (χ4v) is 6.28. The van der Waals surface area contributed by atoms with E-state index < -0.39 is 0 Å². The Morgan fingerprint density at radius 1 is 1.19 bits per heavy atom. The third kappa shape index (κ3) is 4.34. The molecule has 2 amide bonds. The molecule has 0 saturated carbocycles. The summed E-state index contributed by atoms with van der Waals surface area (Å²) in [6, 6.07) is -0.206. The number of nitrogens with one attached hydrogen (secondary N) is 1. The van der Waals surface area contributed by atoms with Crippen LogP contribution >= 0.6 is 11.3 Å². The van der Waals surface area contributed by atoms with Crippen LogP contribution in [0.15, 0.2) is 30.2 Å². The van der Waals surface area contributed by atoms with Crippen molar-refractivity contribution in [1.82, 2.24) is 30.1 Å². The highest BCUT2D eigenvalue weighted by molar-refractivity contribution is 7.09. The van der Waals surface area contributed by atoms with E-state index in [0.717, 1.165) is 49.6 Å². The number of thiazole rings is 1. The van der Waals surface area contributed by atoms with Crippen LogP contribution in [-0.4, -0.2) is 68.3 Å². The molecular weight excluding hydrogens is 412 g/mol. The first kappa shape index (κ1) is 20.5. The first-order chi connectivity index (χ1) is 15.2. The van der Waals surface area contributed by atoms with E-state index in [4.69, 9.17) is 0 Å². The molecule has 9 heteroatoms. The highest BCUT2D eigenvalue weighted by Crippen LogP contribution is 2.42. The summed E-state index contributed by atoms with van der Waals surface area (Å²) >= 11 is 1.68. The maximum Gasteiger partial charge on any atom is 0.243 e. The standard InChI is InChI=1S/C22H28N6O2S/c29-20-3-1-2-18-15-10-16(13-27(12-15)14-19-25-8-9-31-19)21(28(18)20)22(30)26-5-4-17-11-23-6-7-24-17/h6-9,11,15-16,18,21H,1-5,10,12-14H2,(H,26,30)/t15-,16+,18-,21+/m0/s1. The zero-order chi connectivity index (χ0) is 21.2. The second-order valence-corrected chi connectivity index (χ2v) is 9.80. The molecule has 0 aliphatic carbocycles. The monoisotopic (exact) mass is 440 g/mol. The molecule has 0 spiro atoms. The molecule has 5 rings (SSSR count). The Kier molecular flexibility index (Phi) is 5.95. The number of likely N-dealkylation sites (tertiary alicyclic amines) is 1. The number of piperidine rings is 3. The maximum absolute atomic E-state index is 13.3. The van der Waals surface area contributed by atoms with E-state index in [9.17, 15) is 9.59 Å². The number of amides is 2. The number of carbonyl (C=O) groups excluding carboxylic acids is 2. The first-order valence-corrected chi connectivity index (χ1v) is 12.0. The third-order valence-corrected chi connectivity index (χ3v) is 7.59. The Balaban J connectivity index is 1.31. The van der Waals surface area contributed by atoms with Crippen molar-refractivity contribution in [3.63, 3.8) is 0 Å². The highest BCUT2D eigenvalue weighted by atomic mass is 32.1. The van der Waals surface area contributed by atoms with Gasteiger partial charge in [-0.15, -0.1) is 11.3 Å². The Morgan fingerprint density at radius 3 is 2.90 bits per heavy atom. The van der Waals surface area contributed by atoms with Crippen LogP contribution in [0, 0.1) is 11.8 Å². The number of rotatable bonds is 6. The van der Waals surface area contributed by atoms with Crippen LogP contribution in [0.3, 0.4) is 0 Å². The van der Waals surface area contributed by atoms with Gasteiger partial charge in [0.05, 0.1) is 12.2 Å². The van der Waals surface area contributed by atoms with Crippen LogP contribution in [0.5, 0.6) is 0 Å². The molecule has 4 atom stereocenters. The topological polar surface area (TPSA) is 91.3 Å². The van der Waals surface area contributed by atoms with Crippen molar-refractivity contribution >= 4 is 23.2 Å². The molecule has 0 unspecified atom stereocenters. The minimum absolute atomic E-state index is 0.0244. The summed E-state index contributed by atoms with van der Waals surface area (Å²) in [6.45, 7) is 3.13. The zero-order valence-electron chi connectivity index (χ0n) is 17.5. The fourth-order valence-electron chi connectivity index (χ4n) is 5.62. The van der Waals surface area contributed by atoms with Gasteiger partial charge in [-0.05, 0) is 25.2 Å². The summed E-state index contributed by atoms with van der Waals surface area (Å²) in [7, 11) is 0. The van der Waals surface area contributed by atoms with E-state index in [2.05, 4.69) is 25.2 Å². The molecule has 1 N–H and O–H groups in total. The second-order valence-electron chi connectivity index (χ2n) is 8.82. The molecule has 0 radical (unpaired) electrons. The van der Waals surface area contributed by atoms with Gasteiger partial charge >= 0.3 is 0 Å². The molecule has 2 aromatic rings. The van der Waals surface area contributed by atoms with E-state index in [1.807, 2.05) is 16.5 Å². The number of hydrogen-bond acceptors (Lipinski definition) is 7. The molecule has 3 fully saturated rings. The molecule has 2 aromatic heterocycles. The number of nitrogens with zero attached hydrogens (tertiary/aromatic N) is 5. The summed E-state index contributed by atoms with van der Waals surface area (Å²) in [5.41, 5.74) is 0.853. The van der Waals surface area contributed by atoms with Gasteiger partial charge in [0.2, 0.25) is 11.8 Å². The van der Waals surface area contributed by atoms with Gasteiger partial charge in [-0.25, -0.2) is 4.98 Å². The summed E-state index contributed by atoms with van der Waals surface area (Å²) < 4.78 is 0. The number of aromatic nitrogens is 3. The molecule has 2 bridgehead atoms. The highest BCUT2D eigenvalue weighted by Gasteiger charge is 2.51. The Bertz CT molecular complexity index is 908. The average molecular weight is 441 g/mol. The van der Waals surface area contributed by atoms with Gasteiger partial charge in [-0.1, -0.05) is 0 Å². The lowest BCUT2D eigenvalue weighted by Crippen LogP contribution is -2.68. The van der Waals surface area contributed by atoms with Crippen LogP contribution in [0.2, 0.25) is 0 Å². The smallest absolute Gasteiger partial charge is 0.243 e. The van der Waals surface area contributed by atoms with Gasteiger partial charge in [0.25, 0.3) is 0 Å². The Morgan fingerprint density at radius 2 is 2.10 bits per heavy atom. The van der Waals surface area contributed by atoms with Crippen LogP contribution in [0.25, 0.3) is 0 Å². The summed E-state index contributed by atoms with van der Waals surface area (Å²) in [5.74, 6) is 0.720. The van der Waals surface area contributed by atoms with E-state index in [-0.39, 0.29) is 29.8 Å². The number of fused-ring (bicyclic) bond motifs is 4. The minimum atomic E-state index is -0.380. The second kappa shape index (κ2) is 9.00. The van der Waals surface area contributed by atoms with Crippen molar-refractivity contribution in [1.29, 1.82) is 0 Å². The minimum Gasteiger partial charge on any atom is -0.354 e. The van der Waals surface area contributed by atoms with Gasteiger partial charge in [-0.3, -0.25) is 24.5 Å². The van der Waals surface area contributed by atoms with E-state index >= 15 is 0 Å². The van der Waals surface area contributed by atoms with Crippen molar-refractivity contribution in [2.24, 2.45) is 11.8 Å². The van der Waals surface area contributed by atoms with E-state index in [1.54, 1.807) is 29.9 Å². The molecule has 8 nitrogen and oxygen atoms in total. The average Bonchev–Trinajstić information content (AvgIpc) is 3.28. The number of hydrogen-bond donors (Lipinski definition) is 1. The van der Waals surface area contributed by atoms with Gasteiger partial charge < -0.3 is 10.2 Å². The van der Waals surface area contributed by atoms with Gasteiger partial charge in [-0.2, -0.15) is 0 Å². The van der Waals surface area contributed by atoms with Gasteiger partial charge in [0.15, 0.2) is 0 Å². The molecular formula is C22H28N6O2S. The molecule has 164 valence electrons. The molecule has 0 aromatic carbocycles. The normalized spacial score (nSPS) is 28.3. The van der Waals surface area contributed by atoms with Gasteiger partial charge in [0.1, 0.15) is 11.0 Å². The molecule has 3 aliphatic rings. The van der Waals surface area contributed by atoms with Crippen molar-refractivity contribution in [2.75, 3.05) is 19.6 Å². The largest absolute Gasteiger partial charge is 0.354 e. The lowest BCUT2D eigenvalue weighted by atomic mass is 9.71. The van der Waals surface area contributed by atoms with Crippen molar-refractivity contribution in [3.8, 4) is 0 Å². The summed E-state index contributed by atoms with van der Waals surface area (Å²) in [4.78, 5) is 43.4. The summed E-state index contributed by atoms with van der Waals surface area (Å²) in [6.07, 6.45) is 11.0. The van der Waals surface area contributed by atoms with E-state index in [1.165, 1.54) is 0 Å². The summed E-state index contributed by atoms with van der Waals surface area (Å²) in [5, 5.41) is 6.21. The van der Waals surface area contributed by atoms with Crippen LogP contribution < -0.4 is 5.32 Å². The lowest BCUT2D eigenvalue weighted by molar-refractivity contribution is -0.160. The molecule has 5 heterocycles. The van der Waals surface area contributed by atoms with Crippen LogP contribution in [0.4, 0.5) is 0 Å². The van der Waals surface area contributed by atoms with Gasteiger partial charge in [0, 0.05) is 74.6 Å². The van der Waals surface area contributed by atoms with Crippen molar-refractivity contribution in [3.05, 3.63) is 40.9 Å². The van der Waals surface area contributed by atoms with Crippen LogP contribution in [-0.2, 0) is 22.6 Å². The fraction of sp³-hybridized carbons (Fsp3) is 0.591. The van der Waals surface area contributed by atoms with Crippen molar-refractivity contribution in [2.45, 2.75) is 50.7 Å². The molecule has 3 aliphatic heterocycles. The first-order valence-electron chi connectivity index (χ1n) is 11.1. The van der Waals surface area contributed by atoms with Crippen LogP contribution in [0.1, 0.15) is 36.4 Å². The Hall–Kier alpha value is -2.39. The Labute approximate surface area is 186 Å². The predicted molar refractivity (Wildman–Crippen MR) is 116 cm³/mol. The molecule has 3 saturated heterocycles. The third-order valence-electron chi connectivity index (χ3n) is 6.83. The quantitative estimate of drug-likeness (QED) is 0.732. The molecule has 31 heavy (non-hydrogen) atoms.